The van der Waals surface area contributed by atoms with Gasteiger partial charge in [0.1, 0.15) is 0 Å². The van der Waals surface area contributed by atoms with E-state index in [0.717, 1.165) is 23.1 Å². The number of rotatable bonds is 5. The van der Waals surface area contributed by atoms with Gasteiger partial charge in [0.2, 0.25) is 0 Å². The topological polar surface area (TPSA) is 0 Å². The number of hydrogen-bond donors (Lipinski definition) is 0. The van der Waals surface area contributed by atoms with Crippen molar-refractivity contribution in [1.82, 2.24) is 0 Å². The van der Waals surface area contributed by atoms with E-state index in [-0.39, 0.29) is 5.41 Å². The first-order valence-electron chi connectivity index (χ1n) is 17.7. The zero-order valence-electron chi connectivity index (χ0n) is 33.0. The lowest BCUT2D eigenvalue weighted by Crippen LogP contribution is -2.33. The van der Waals surface area contributed by atoms with Crippen LogP contribution < -0.4 is 0 Å². The van der Waals surface area contributed by atoms with Crippen molar-refractivity contribution in [1.29, 1.82) is 0 Å². The summed E-state index contributed by atoms with van der Waals surface area (Å²) in [6, 6.07) is 23.5. The highest BCUT2D eigenvalue weighted by Gasteiger charge is 2.41. The minimum absolute atomic E-state index is 0.0858. The summed E-state index contributed by atoms with van der Waals surface area (Å²) in [6.45, 7) is 44.1. The van der Waals surface area contributed by atoms with Gasteiger partial charge in [-0.3, -0.25) is 0 Å². The Morgan fingerprint density at radius 3 is 1.47 bits per heavy atom. The maximum atomic E-state index is 4.03. The standard InChI is InChI=1S/C22H30.C12H14.C9H12.2C2H6/c1-8-20-21(5,6)19(14-15-22(20,7)9-2)18-12-10-17(11-13-18)16(3)4;1-9(2)11-7-5-6-8-12(11)10(3)4;1-7-5-4-6-8(2)9(7)3;2*1-2/h8,10-14H,3,9,15H2,1-2,4-7H3;5-8H,1,3H2,2,4H3;4-6H,1-3H3;2*1-2H3/b20-8-;;;;. The van der Waals surface area contributed by atoms with Crippen LogP contribution in [0.3, 0.4) is 0 Å². The fraction of sp³-hybridized carbons (Fsp3) is 0.404. The summed E-state index contributed by atoms with van der Waals surface area (Å²) in [5, 5.41) is 0. The SMILES string of the molecule is C=C(C)c1ccc(C2=CCC(C)(CC)/C(=C\C)C2(C)C)cc1.C=C(C)c1ccccc1C(=C)C.CC.CC.Cc1cccc(C)c1C. The molecule has 1 aliphatic rings. The largest absolute Gasteiger partial charge is 0.0955 e. The smallest absolute Gasteiger partial charge is 0.0113 e. The Balaban J connectivity index is 0.000000710. The van der Waals surface area contributed by atoms with E-state index in [4.69, 9.17) is 0 Å². The molecule has 0 saturated carbocycles. The van der Waals surface area contributed by atoms with Gasteiger partial charge in [-0.05, 0) is 111 Å². The predicted octanol–water partition coefficient (Wildman–Crippen LogP) is 15.3. The van der Waals surface area contributed by atoms with E-state index in [1.165, 1.54) is 50.9 Å². The molecule has 0 spiro atoms. The predicted molar refractivity (Wildman–Crippen MR) is 219 cm³/mol. The first-order valence-corrected chi connectivity index (χ1v) is 17.7. The Morgan fingerprint density at radius 1 is 0.681 bits per heavy atom. The molecule has 0 heteroatoms. The van der Waals surface area contributed by atoms with E-state index >= 15 is 0 Å². The normalized spacial score (nSPS) is 16.7. The molecule has 0 aromatic heterocycles. The molecule has 1 unspecified atom stereocenters. The lowest BCUT2D eigenvalue weighted by Gasteiger charge is -2.46. The van der Waals surface area contributed by atoms with Crippen molar-refractivity contribution >= 4 is 22.3 Å². The van der Waals surface area contributed by atoms with E-state index in [0.29, 0.717) is 5.41 Å². The number of benzene rings is 3. The van der Waals surface area contributed by atoms with Crippen LogP contribution in [0.5, 0.6) is 0 Å². The van der Waals surface area contributed by atoms with Crippen LogP contribution in [0.2, 0.25) is 0 Å². The Hall–Kier alpha value is -3.64. The van der Waals surface area contributed by atoms with Crippen molar-refractivity contribution < 1.29 is 0 Å². The quantitative estimate of drug-likeness (QED) is 0.246. The fourth-order valence-corrected chi connectivity index (χ4v) is 6.17. The third-order valence-corrected chi connectivity index (χ3v) is 9.23. The lowest BCUT2D eigenvalue weighted by molar-refractivity contribution is 0.311. The van der Waals surface area contributed by atoms with E-state index in [1.54, 1.807) is 5.57 Å². The van der Waals surface area contributed by atoms with E-state index in [1.807, 2.05) is 53.7 Å². The van der Waals surface area contributed by atoms with E-state index in [2.05, 4.69) is 149 Å². The van der Waals surface area contributed by atoms with Gasteiger partial charge in [-0.1, -0.05) is 176 Å². The Kier molecular flexibility index (Phi) is 19.0. The molecule has 47 heavy (non-hydrogen) atoms. The maximum Gasteiger partial charge on any atom is 0.0113 e. The Bertz CT molecular complexity index is 1450. The molecule has 0 nitrogen and oxygen atoms in total. The fourth-order valence-electron chi connectivity index (χ4n) is 6.17. The average molecular weight is 633 g/mol. The van der Waals surface area contributed by atoms with Crippen LogP contribution in [0.25, 0.3) is 22.3 Å². The van der Waals surface area contributed by atoms with Gasteiger partial charge in [-0.25, -0.2) is 0 Å². The van der Waals surface area contributed by atoms with Gasteiger partial charge in [-0.15, -0.1) is 0 Å². The van der Waals surface area contributed by atoms with Gasteiger partial charge in [0.15, 0.2) is 0 Å². The summed E-state index contributed by atoms with van der Waals surface area (Å²) < 4.78 is 0. The van der Waals surface area contributed by atoms with Crippen molar-refractivity contribution in [2.24, 2.45) is 10.8 Å². The Morgan fingerprint density at radius 2 is 1.13 bits per heavy atom. The number of hydrogen-bond acceptors (Lipinski definition) is 0. The second-order valence-electron chi connectivity index (χ2n) is 13.0. The Labute approximate surface area is 292 Å². The highest BCUT2D eigenvalue weighted by atomic mass is 14.5. The molecule has 0 aliphatic heterocycles. The second-order valence-corrected chi connectivity index (χ2v) is 13.0. The molecule has 1 atom stereocenters. The van der Waals surface area contributed by atoms with Gasteiger partial charge in [-0.2, -0.15) is 0 Å². The van der Waals surface area contributed by atoms with Crippen molar-refractivity contribution in [2.75, 3.05) is 0 Å². The summed E-state index contributed by atoms with van der Waals surface area (Å²) >= 11 is 0. The van der Waals surface area contributed by atoms with Gasteiger partial charge in [0.05, 0.1) is 0 Å². The maximum absolute atomic E-state index is 4.03. The van der Waals surface area contributed by atoms with Crippen LogP contribution in [0, 0.1) is 31.6 Å². The van der Waals surface area contributed by atoms with Crippen LogP contribution in [0.1, 0.15) is 135 Å². The molecule has 3 aromatic rings. The summed E-state index contributed by atoms with van der Waals surface area (Å²) in [5.41, 5.74) is 15.9. The van der Waals surface area contributed by atoms with E-state index < -0.39 is 0 Å². The highest BCUT2D eigenvalue weighted by molar-refractivity contribution is 5.77. The zero-order chi connectivity index (χ0) is 36.5. The number of aryl methyl sites for hydroxylation is 2. The monoisotopic (exact) mass is 633 g/mol. The van der Waals surface area contributed by atoms with Crippen molar-refractivity contribution in [3.63, 3.8) is 0 Å². The first kappa shape index (κ1) is 43.4. The van der Waals surface area contributed by atoms with Gasteiger partial charge in [0.25, 0.3) is 0 Å². The molecule has 0 saturated heterocycles. The van der Waals surface area contributed by atoms with Crippen LogP contribution in [-0.4, -0.2) is 0 Å². The van der Waals surface area contributed by atoms with Crippen LogP contribution in [0.4, 0.5) is 0 Å². The van der Waals surface area contributed by atoms with Crippen LogP contribution in [-0.2, 0) is 0 Å². The molecule has 0 fully saturated rings. The average Bonchev–Trinajstić information content (AvgIpc) is 3.06. The van der Waals surface area contributed by atoms with Crippen LogP contribution >= 0.6 is 0 Å². The minimum atomic E-state index is 0.0858. The first-order chi connectivity index (χ1) is 22.1. The van der Waals surface area contributed by atoms with E-state index in [9.17, 15) is 0 Å². The molecule has 0 bridgehead atoms. The molecular weight excluding hydrogens is 565 g/mol. The molecule has 0 amide bonds. The molecular formula is C47H68. The van der Waals surface area contributed by atoms with Gasteiger partial charge < -0.3 is 0 Å². The molecule has 3 aromatic carbocycles. The molecule has 0 N–H and O–H groups in total. The van der Waals surface area contributed by atoms with Crippen molar-refractivity contribution in [3.8, 4) is 0 Å². The highest BCUT2D eigenvalue weighted by Crippen LogP contribution is 2.55. The summed E-state index contributed by atoms with van der Waals surface area (Å²) in [5.74, 6) is 0. The lowest BCUT2D eigenvalue weighted by atomic mass is 9.58. The minimum Gasteiger partial charge on any atom is -0.0955 e. The third kappa shape index (κ3) is 11.8. The van der Waals surface area contributed by atoms with Crippen molar-refractivity contribution in [2.45, 2.75) is 117 Å². The third-order valence-electron chi connectivity index (χ3n) is 9.23. The van der Waals surface area contributed by atoms with Crippen LogP contribution in [0.15, 0.2) is 104 Å². The molecule has 1 aliphatic carbocycles. The van der Waals surface area contributed by atoms with Crippen molar-refractivity contribution in [3.05, 3.63) is 143 Å². The summed E-state index contributed by atoms with van der Waals surface area (Å²) in [4.78, 5) is 0. The molecule has 4 rings (SSSR count). The molecule has 256 valence electrons. The molecule has 0 heterocycles. The summed E-state index contributed by atoms with van der Waals surface area (Å²) in [7, 11) is 0. The van der Waals surface area contributed by atoms with Gasteiger partial charge >= 0.3 is 0 Å². The zero-order valence-corrected chi connectivity index (χ0v) is 33.0. The second kappa shape index (κ2) is 20.6. The summed E-state index contributed by atoms with van der Waals surface area (Å²) in [6.07, 6.45) is 7.13. The number of allylic oxidation sites excluding steroid dienone is 7. The van der Waals surface area contributed by atoms with Gasteiger partial charge in [0, 0.05) is 5.41 Å². The molecule has 0 radical (unpaired) electrons.